The van der Waals surface area contributed by atoms with Gasteiger partial charge in [0.1, 0.15) is 0 Å². The van der Waals surface area contributed by atoms with Crippen LogP contribution in [-0.4, -0.2) is 4.98 Å². The third kappa shape index (κ3) is 2.90. The van der Waals surface area contributed by atoms with Crippen molar-refractivity contribution < 1.29 is 0 Å². The molecule has 2 rings (SSSR count). The monoisotopic (exact) mass is 311 g/mol. The number of rotatable bonds is 2. The van der Waals surface area contributed by atoms with Crippen LogP contribution in [0.2, 0.25) is 5.02 Å². The third-order valence-corrected chi connectivity index (χ3v) is 3.16. The van der Waals surface area contributed by atoms with Gasteiger partial charge in [0, 0.05) is 15.7 Å². The van der Waals surface area contributed by atoms with Gasteiger partial charge in [-0.2, -0.15) is 0 Å². The van der Waals surface area contributed by atoms with Crippen molar-refractivity contribution in [3.05, 3.63) is 45.5 Å². The Kier molecular flexibility index (Phi) is 3.54. The maximum atomic E-state index is 5.94. The van der Waals surface area contributed by atoms with Crippen LogP contribution in [0.25, 0.3) is 0 Å². The summed E-state index contributed by atoms with van der Waals surface area (Å²) in [6.45, 7) is 1.95. The molecule has 0 saturated heterocycles. The fraction of sp³-hybridized carbons (Fsp3) is 0.0833. The van der Waals surface area contributed by atoms with Crippen molar-refractivity contribution in [2.45, 2.75) is 6.92 Å². The van der Waals surface area contributed by atoms with Gasteiger partial charge in [-0.3, -0.25) is 0 Å². The predicted molar refractivity (Wildman–Crippen MR) is 75.8 cm³/mol. The number of anilines is 3. The zero-order chi connectivity index (χ0) is 12.4. The summed E-state index contributed by atoms with van der Waals surface area (Å²) in [7, 11) is 0. The first-order valence-electron chi connectivity index (χ1n) is 5.00. The van der Waals surface area contributed by atoms with Crippen LogP contribution in [0, 0.1) is 6.92 Å². The van der Waals surface area contributed by atoms with Crippen molar-refractivity contribution in [1.29, 1.82) is 0 Å². The maximum Gasteiger partial charge on any atom is 0.153 e. The lowest BCUT2D eigenvalue weighted by molar-refractivity contribution is 1.26. The first kappa shape index (κ1) is 12.2. The van der Waals surface area contributed by atoms with Gasteiger partial charge in [0.2, 0.25) is 0 Å². The Hall–Kier alpha value is -1.26. The Morgan fingerprint density at radius 3 is 2.82 bits per heavy atom. The number of benzene rings is 1. The Balaban J connectivity index is 2.34. The molecular formula is C12H11BrClN3. The SMILES string of the molecule is Cc1cnc(Nc2cc(Cl)ccc2Br)c(N)c1. The van der Waals surface area contributed by atoms with E-state index >= 15 is 0 Å². The van der Waals surface area contributed by atoms with Gasteiger partial charge in [0.05, 0.1) is 11.4 Å². The Morgan fingerprint density at radius 1 is 1.35 bits per heavy atom. The Bertz CT molecular complexity index is 557. The second kappa shape index (κ2) is 4.94. The average molecular weight is 313 g/mol. The molecule has 1 aromatic carbocycles. The minimum atomic E-state index is 0.608. The lowest BCUT2D eigenvalue weighted by atomic mass is 10.2. The highest BCUT2D eigenvalue weighted by atomic mass is 79.9. The molecule has 88 valence electrons. The number of hydrogen-bond acceptors (Lipinski definition) is 3. The van der Waals surface area contributed by atoms with E-state index in [4.69, 9.17) is 17.3 Å². The fourth-order valence-electron chi connectivity index (χ4n) is 1.42. The number of pyridine rings is 1. The predicted octanol–water partition coefficient (Wildman–Crippen LogP) is 4.13. The number of hydrogen-bond donors (Lipinski definition) is 2. The topological polar surface area (TPSA) is 50.9 Å². The molecule has 0 radical (unpaired) electrons. The highest BCUT2D eigenvalue weighted by Crippen LogP contribution is 2.30. The molecule has 5 heteroatoms. The summed E-state index contributed by atoms with van der Waals surface area (Å²) in [4.78, 5) is 4.24. The maximum absolute atomic E-state index is 5.94. The molecule has 0 aliphatic rings. The van der Waals surface area contributed by atoms with Crippen LogP contribution in [0.5, 0.6) is 0 Å². The van der Waals surface area contributed by atoms with E-state index in [9.17, 15) is 0 Å². The number of nitrogens with zero attached hydrogens (tertiary/aromatic N) is 1. The summed E-state index contributed by atoms with van der Waals surface area (Å²) in [6.07, 6.45) is 1.76. The summed E-state index contributed by atoms with van der Waals surface area (Å²) in [5.74, 6) is 0.624. The van der Waals surface area contributed by atoms with Gasteiger partial charge < -0.3 is 11.1 Å². The van der Waals surface area contributed by atoms with Crippen molar-refractivity contribution in [3.8, 4) is 0 Å². The molecular weight excluding hydrogens is 302 g/mol. The molecule has 0 atom stereocenters. The number of aromatic nitrogens is 1. The molecule has 0 amide bonds. The van der Waals surface area contributed by atoms with Crippen molar-refractivity contribution in [2.24, 2.45) is 0 Å². The summed E-state index contributed by atoms with van der Waals surface area (Å²) in [6, 6.07) is 7.36. The van der Waals surface area contributed by atoms with Gasteiger partial charge in [0.25, 0.3) is 0 Å². The molecule has 0 aliphatic carbocycles. The minimum Gasteiger partial charge on any atom is -0.396 e. The highest BCUT2D eigenvalue weighted by molar-refractivity contribution is 9.10. The number of nitrogen functional groups attached to an aromatic ring is 1. The van der Waals surface area contributed by atoms with E-state index in [-0.39, 0.29) is 0 Å². The van der Waals surface area contributed by atoms with Gasteiger partial charge in [-0.25, -0.2) is 4.98 Å². The van der Waals surface area contributed by atoms with E-state index in [1.165, 1.54) is 0 Å². The van der Waals surface area contributed by atoms with Crippen molar-refractivity contribution in [2.75, 3.05) is 11.1 Å². The van der Waals surface area contributed by atoms with Crippen molar-refractivity contribution in [1.82, 2.24) is 4.98 Å². The van der Waals surface area contributed by atoms with E-state index in [0.717, 1.165) is 15.7 Å². The second-order valence-electron chi connectivity index (χ2n) is 3.70. The molecule has 0 unspecified atom stereocenters. The summed E-state index contributed by atoms with van der Waals surface area (Å²) >= 11 is 9.37. The van der Waals surface area contributed by atoms with Crippen LogP contribution in [0.1, 0.15) is 5.56 Å². The summed E-state index contributed by atoms with van der Waals surface area (Å²) < 4.78 is 0.906. The zero-order valence-corrected chi connectivity index (χ0v) is 11.5. The highest BCUT2D eigenvalue weighted by Gasteiger charge is 2.05. The first-order chi connectivity index (χ1) is 8.06. The number of nitrogens with two attached hydrogens (primary N) is 1. The molecule has 3 N–H and O–H groups in total. The third-order valence-electron chi connectivity index (χ3n) is 2.24. The number of aryl methyl sites for hydroxylation is 1. The van der Waals surface area contributed by atoms with Gasteiger partial charge in [-0.1, -0.05) is 11.6 Å². The van der Waals surface area contributed by atoms with E-state index < -0.39 is 0 Å². The molecule has 1 aromatic heterocycles. The molecule has 0 bridgehead atoms. The van der Waals surface area contributed by atoms with Crippen LogP contribution in [0.4, 0.5) is 17.2 Å². The van der Waals surface area contributed by atoms with Gasteiger partial charge in [-0.15, -0.1) is 0 Å². The quantitative estimate of drug-likeness (QED) is 0.876. The molecule has 0 saturated carbocycles. The molecule has 17 heavy (non-hydrogen) atoms. The van der Waals surface area contributed by atoms with Crippen molar-refractivity contribution in [3.63, 3.8) is 0 Å². The molecule has 0 aliphatic heterocycles. The smallest absolute Gasteiger partial charge is 0.153 e. The largest absolute Gasteiger partial charge is 0.396 e. The van der Waals surface area contributed by atoms with E-state index in [1.54, 1.807) is 6.20 Å². The van der Waals surface area contributed by atoms with Gasteiger partial charge in [0.15, 0.2) is 5.82 Å². The number of halogens is 2. The molecule has 0 fully saturated rings. The summed E-state index contributed by atoms with van der Waals surface area (Å²) in [5.41, 5.74) is 8.35. The van der Waals surface area contributed by atoms with Gasteiger partial charge >= 0.3 is 0 Å². The summed E-state index contributed by atoms with van der Waals surface area (Å²) in [5, 5.41) is 3.80. The Labute approximate surface area is 113 Å². The fourth-order valence-corrected chi connectivity index (χ4v) is 1.93. The molecule has 0 spiro atoms. The standard InChI is InChI=1S/C12H11BrClN3/c1-7-4-10(15)12(16-6-7)17-11-5-8(14)2-3-9(11)13/h2-6H,15H2,1H3,(H,16,17). The second-order valence-corrected chi connectivity index (χ2v) is 4.99. The molecule has 1 heterocycles. The Morgan fingerprint density at radius 2 is 2.12 bits per heavy atom. The first-order valence-corrected chi connectivity index (χ1v) is 6.17. The van der Waals surface area contributed by atoms with Crippen LogP contribution in [0.3, 0.4) is 0 Å². The normalized spacial score (nSPS) is 10.3. The lowest BCUT2D eigenvalue weighted by Crippen LogP contribution is -2.00. The molecule has 2 aromatic rings. The van der Waals surface area contributed by atoms with Gasteiger partial charge in [-0.05, 0) is 52.7 Å². The van der Waals surface area contributed by atoms with E-state index in [0.29, 0.717) is 16.5 Å². The van der Waals surface area contributed by atoms with Crippen LogP contribution in [0.15, 0.2) is 34.9 Å². The molecule has 3 nitrogen and oxygen atoms in total. The van der Waals surface area contributed by atoms with E-state index in [1.807, 2.05) is 31.2 Å². The lowest BCUT2D eigenvalue weighted by Gasteiger charge is -2.10. The average Bonchev–Trinajstić information content (AvgIpc) is 2.27. The van der Waals surface area contributed by atoms with Crippen LogP contribution in [-0.2, 0) is 0 Å². The minimum absolute atomic E-state index is 0.608. The van der Waals surface area contributed by atoms with Crippen LogP contribution >= 0.6 is 27.5 Å². The van der Waals surface area contributed by atoms with Crippen LogP contribution < -0.4 is 11.1 Å². The van der Waals surface area contributed by atoms with E-state index in [2.05, 4.69) is 26.2 Å². The van der Waals surface area contributed by atoms with Crippen molar-refractivity contribution >= 4 is 44.7 Å². The zero-order valence-electron chi connectivity index (χ0n) is 9.17. The number of nitrogens with one attached hydrogen (secondary N) is 1.